The van der Waals surface area contributed by atoms with E-state index in [1.165, 1.54) is 0 Å². The summed E-state index contributed by atoms with van der Waals surface area (Å²) in [7, 11) is 0. The molecule has 2 fully saturated rings. The van der Waals surface area contributed by atoms with Crippen LogP contribution in [0, 0.1) is 5.92 Å². The molecule has 2 aliphatic rings. The highest BCUT2D eigenvalue weighted by atomic mass is 16.3. The molecule has 0 bridgehead atoms. The minimum Gasteiger partial charge on any atom is -0.468 e. The second-order valence-electron chi connectivity index (χ2n) is 7.12. The minimum absolute atomic E-state index is 0.116. The fourth-order valence-electron chi connectivity index (χ4n) is 4.07. The Morgan fingerprint density at radius 2 is 2.16 bits per heavy atom. The van der Waals surface area contributed by atoms with E-state index in [9.17, 15) is 4.79 Å². The van der Waals surface area contributed by atoms with Gasteiger partial charge in [0, 0.05) is 25.6 Å². The van der Waals surface area contributed by atoms with Crippen LogP contribution < -0.4 is 0 Å². The van der Waals surface area contributed by atoms with E-state index < -0.39 is 0 Å². The monoisotopic (exact) mass is 343 g/mol. The average Bonchev–Trinajstić information content (AvgIpc) is 3.35. The number of H-pyrrole nitrogens is 1. The van der Waals surface area contributed by atoms with Gasteiger partial charge in [-0.15, -0.1) is 0 Å². The molecular weight excluding hydrogens is 318 g/mol. The zero-order valence-electron chi connectivity index (χ0n) is 14.4. The van der Waals surface area contributed by atoms with E-state index in [2.05, 4.69) is 20.1 Å². The van der Waals surface area contributed by atoms with Gasteiger partial charge in [-0.05, 0) is 44.4 Å². The molecule has 7 nitrogen and oxygen atoms in total. The Morgan fingerprint density at radius 3 is 2.88 bits per heavy atom. The third kappa shape index (κ3) is 3.76. The van der Waals surface area contributed by atoms with Gasteiger partial charge in [0.25, 0.3) is 0 Å². The number of carbonyl (C=O) groups excluding carboxylic acids is 1. The Labute approximate surface area is 147 Å². The van der Waals surface area contributed by atoms with Crippen LogP contribution in [0.2, 0.25) is 0 Å². The van der Waals surface area contributed by atoms with Crippen LogP contribution in [0.4, 0.5) is 0 Å². The summed E-state index contributed by atoms with van der Waals surface area (Å²) < 4.78 is 5.44. The number of aromatic amines is 1. The molecule has 2 aliphatic heterocycles. The minimum atomic E-state index is 0.116. The lowest BCUT2D eigenvalue weighted by Crippen LogP contribution is -2.46. The number of hydrogen-bond acceptors (Lipinski definition) is 5. The van der Waals surface area contributed by atoms with E-state index in [-0.39, 0.29) is 5.92 Å². The average molecular weight is 343 g/mol. The van der Waals surface area contributed by atoms with E-state index in [1.54, 1.807) is 12.6 Å². The van der Waals surface area contributed by atoms with E-state index in [1.807, 2.05) is 17.0 Å². The molecule has 0 saturated carbocycles. The summed E-state index contributed by atoms with van der Waals surface area (Å²) >= 11 is 0. The molecule has 1 N–H and O–H groups in total. The van der Waals surface area contributed by atoms with Crippen molar-refractivity contribution in [3.05, 3.63) is 36.3 Å². The molecule has 0 aliphatic carbocycles. The Hall–Kier alpha value is -2.15. The molecule has 1 atom stereocenters. The van der Waals surface area contributed by atoms with Crippen LogP contribution in [0.15, 0.2) is 29.1 Å². The maximum absolute atomic E-state index is 12.9. The second-order valence-corrected chi connectivity index (χ2v) is 7.12. The van der Waals surface area contributed by atoms with Crippen molar-refractivity contribution in [2.45, 2.75) is 38.1 Å². The van der Waals surface area contributed by atoms with Crippen molar-refractivity contribution in [1.29, 1.82) is 0 Å². The molecule has 4 rings (SSSR count). The summed E-state index contributed by atoms with van der Waals surface area (Å²) in [6.07, 6.45) is 7.26. The highest BCUT2D eigenvalue weighted by Crippen LogP contribution is 2.27. The molecule has 4 heterocycles. The first-order chi connectivity index (χ1) is 12.3. The molecule has 0 radical (unpaired) electrons. The fourth-order valence-corrected chi connectivity index (χ4v) is 4.07. The summed E-state index contributed by atoms with van der Waals surface area (Å²) in [5.74, 6) is 2.76. The molecular formula is C18H25N5O2. The Balaban J connectivity index is 1.30. The number of furan rings is 1. The lowest BCUT2D eigenvalue weighted by Gasteiger charge is -2.37. The number of rotatable bonds is 4. The summed E-state index contributed by atoms with van der Waals surface area (Å²) in [6.45, 7) is 4.31. The molecule has 0 spiro atoms. The van der Waals surface area contributed by atoms with E-state index in [0.717, 1.165) is 70.0 Å². The van der Waals surface area contributed by atoms with Gasteiger partial charge in [0.05, 0.1) is 18.7 Å². The number of likely N-dealkylation sites (tertiary alicyclic amines) is 2. The zero-order chi connectivity index (χ0) is 17.1. The molecule has 134 valence electrons. The van der Waals surface area contributed by atoms with Gasteiger partial charge in [0.15, 0.2) is 0 Å². The Morgan fingerprint density at radius 1 is 1.28 bits per heavy atom. The Bertz CT molecular complexity index is 662. The van der Waals surface area contributed by atoms with Crippen LogP contribution in [-0.4, -0.2) is 57.1 Å². The van der Waals surface area contributed by atoms with E-state index in [4.69, 9.17) is 4.42 Å². The quantitative estimate of drug-likeness (QED) is 0.919. The molecule has 2 aromatic rings. The van der Waals surface area contributed by atoms with Crippen LogP contribution >= 0.6 is 0 Å². The number of nitrogens with zero attached hydrogens (tertiary/aromatic N) is 4. The second kappa shape index (κ2) is 7.39. The van der Waals surface area contributed by atoms with Gasteiger partial charge in [-0.25, -0.2) is 4.98 Å². The number of hydrogen-bond donors (Lipinski definition) is 1. The molecule has 2 aromatic heterocycles. The third-order valence-corrected chi connectivity index (χ3v) is 5.44. The summed E-state index contributed by atoms with van der Waals surface area (Å²) in [5, 5.41) is 6.89. The third-order valence-electron chi connectivity index (χ3n) is 5.44. The SMILES string of the molecule is O=C([C@H]1CCCN(Cc2ccco2)C1)N1CCC(c2ncn[nH]2)CC1. The van der Waals surface area contributed by atoms with Crippen molar-refractivity contribution in [2.24, 2.45) is 5.92 Å². The van der Waals surface area contributed by atoms with Gasteiger partial charge in [-0.3, -0.25) is 14.8 Å². The standard InChI is InChI=1S/C18H25N5O2/c24-18(23-8-5-14(6-9-23)17-19-13-20-21-17)15-3-1-7-22(11-15)12-16-4-2-10-25-16/h2,4,10,13-15H,1,3,5-9,11-12H2,(H,19,20,21)/t15-/m0/s1. The molecule has 25 heavy (non-hydrogen) atoms. The lowest BCUT2D eigenvalue weighted by atomic mass is 9.92. The van der Waals surface area contributed by atoms with Gasteiger partial charge < -0.3 is 9.32 Å². The molecule has 1 amide bonds. The van der Waals surface area contributed by atoms with Gasteiger partial charge in [0.2, 0.25) is 5.91 Å². The largest absolute Gasteiger partial charge is 0.468 e. The van der Waals surface area contributed by atoms with Crippen molar-refractivity contribution in [3.8, 4) is 0 Å². The maximum atomic E-state index is 12.9. The van der Waals surface area contributed by atoms with Crippen LogP contribution in [0.25, 0.3) is 0 Å². The summed E-state index contributed by atoms with van der Waals surface area (Å²) in [4.78, 5) is 21.6. The molecule has 0 unspecified atom stereocenters. The van der Waals surface area contributed by atoms with Crippen molar-refractivity contribution >= 4 is 5.91 Å². The molecule has 0 aromatic carbocycles. The smallest absolute Gasteiger partial charge is 0.226 e. The van der Waals surface area contributed by atoms with Crippen LogP contribution in [-0.2, 0) is 11.3 Å². The number of amides is 1. The lowest BCUT2D eigenvalue weighted by molar-refractivity contribution is -0.138. The van der Waals surface area contributed by atoms with Gasteiger partial charge in [0.1, 0.15) is 17.9 Å². The number of carbonyl (C=O) groups is 1. The molecule has 2 saturated heterocycles. The van der Waals surface area contributed by atoms with Crippen LogP contribution in [0.5, 0.6) is 0 Å². The normalized spacial score (nSPS) is 23.0. The van der Waals surface area contributed by atoms with Gasteiger partial charge in [-0.2, -0.15) is 5.10 Å². The summed E-state index contributed by atoms with van der Waals surface area (Å²) in [5.41, 5.74) is 0. The highest BCUT2D eigenvalue weighted by Gasteiger charge is 2.32. The predicted molar refractivity (Wildman–Crippen MR) is 91.6 cm³/mol. The van der Waals surface area contributed by atoms with Crippen molar-refractivity contribution in [3.63, 3.8) is 0 Å². The maximum Gasteiger partial charge on any atom is 0.226 e. The number of nitrogens with one attached hydrogen (secondary N) is 1. The number of piperidine rings is 2. The van der Waals surface area contributed by atoms with Crippen molar-refractivity contribution in [2.75, 3.05) is 26.2 Å². The first-order valence-corrected chi connectivity index (χ1v) is 9.18. The Kier molecular flexibility index (Phi) is 4.83. The van der Waals surface area contributed by atoms with Gasteiger partial charge >= 0.3 is 0 Å². The fraction of sp³-hybridized carbons (Fsp3) is 0.611. The van der Waals surface area contributed by atoms with Crippen molar-refractivity contribution in [1.82, 2.24) is 25.0 Å². The topological polar surface area (TPSA) is 78.3 Å². The molecule has 7 heteroatoms. The van der Waals surface area contributed by atoms with Crippen molar-refractivity contribution < 1.29 is 9.21 Å². The van der Waals surface area contributed by atoms with Crippen LogP contribution in [0.3, 0.4) is 0 Å². The van der Waals surface area contributed by atoms with Crippen LogP contribution in [0.1, 0.15) is 43.2 Å². The summed E-state index contributed by atoms with van der Waals surface area (Å²) in [6, 6.07) is 3.92. The predicted octanol–water partition coefficient (Wildman–Crippen LogP) is 2.02. The van der Waals surface area contributed by atoms with E-state index in [0.29, 0.717) is 11.8 Å². The first kappa shape index (κ1) is 16.3. The number of aromatic nitrogens is 3. The zero-order valence-corrected chi connectivity index (χ0v) is 14.4. The van der Waals surface area contributed by atoms with Gasteiger partial charge in [-0.1, -0.05) is 0 Å². The van der Waals surface area contributed by atoms with E-state index >= 15 is 0 Å². The first-order valence-electron chi connectivity index (χ1n) is 9.18. The highest BCUT2D eigenvalue weighted by molar-refractivity contribution is 5.79.